The highest BCUT2D eigenvalue weighted by Gasteiger charge is 2.42. The zero-order valence-corrected chi connectivity index (χ0v) is 10.5. The van der Waals surface area contributed by atoms with Crippen LogP contribution in [0.3, 0.4) is 0 Å². The summed E-state index contributed by atoms with van der Waals surface area (Å²) in [4.78, 5) is 10.9. The van der Waals surface area contributed by atoms with Gasteiger partial charge in [-0.3, -0.25) is 4.79 Å². The van der Waals surface area contributed by atoms with Gasteiger partial charge >= 0.3 is 0 Å². The summed E-state index contributed by atoms with van der Waals surface area (Å²) in [6, 6.07) is 17.5. The molecule has 0 aliphatic heterocycles. The van der Waals surface area contributed by atoms with E-state index >= 15 is 0 Å². The first-order valence-corrected chi connectivity index (χ1v) is 6.77. The number of hydrogen-bond donors (Lipinski definition) is 1. The molecule has 1 unspecified atom stereocenters. The summed E-state index contributed by atoms with van der Waals surface area (Å²) in [5.74, 6) is 0.734. The maximum Gasteiger partial charge on any atom is 0.207 e. The quantitative estimate of drug-likeness (QED) is 0.815. The Labute approximate surface area is 112 Å². The summed E-state index contributed by atoms with van der Waals surface area (Å²) < 4.78 is 0. The average molecular weight is 249 g/mol. The molecular weight excluding hydrogens is 234 g/mol. The molecule has 3 aliphatic carbocycles. The van der Waals surface area contributed by atoms with Crippen LogP contribution in [0.15, 0.2) is 48.5 Å². The van der Waals surface area contributed by atoms with Crippen LogP contribution in [-0.4, -0.2) is 12.5 Å². The lowest BCUT2D eigenvalue weighted by Gasteiger charge is -2.45. The van der Waals surface area contributed by atoms with Crippen LogP contribution < -0.4 is 5.32 Å². The first-order chi connectivity index (χ1) is 9.40. The molecule has 0 fully saturated rings. The second kappa shape index (κ2) is 3.95. The topological polar surface area (TPSA) is 29.1 Å². The number of rotatable bonds is 2. The summed E-state index contributed by atoms with van der Waals surface area (Å²) in [5, 5.41) is 3.02. The molecule has 0 saturated carbocycles. The molecule has 0 saturated heterocycles. The molecule has 0 heterocycles. The lowest BCUT2D eigenvalue weighted by Crippen LogP contribution is -2.43. The third-order valence-electron chi connectivity index (χ3n) is 4.59. The third-order valence-corrected chi connectivity index (χ3v) is 4.59. The molecule has 1 amide bonds. The molecule has 3 aliphatic rings. The Morgan fingerprint density at radius 1 is 0.895 bits per heavy atom. The fraction of sp³-hybridized carbons (Fsp3) is 0.235. The van der Waals surface area contributed by atoms with E-state index in [1.54, 1.807) is 0 Å². The van der Waals surface area contributed by atoms with Gasteiger partial charge in [-0.1, -0.05) is 48.5 Å². The van der Waals surface area contributed by atoms with Crippen molar-refractivity contribution in [2.75, 3.05) is 0 Å². The summed E-state index contributed by atoms with van der Waals surface area (Å²) in [6.07, 6.45) is 1.86. The average Bonchev–Trinajstić information content (AvgIpc) is 2.48. The van der Waals surface area contributed by atoms with E-state index in [4.69, 9.17) is 0 Å². The Morgan fingerprint density at radius 3 is 1.95 bits per heavy atom. The van der Waals surface area contributed by atoms with E-state index in [0.29, 0.717) is 11.8 Å². The number of benzene rings is 2. The molecule has 0 spiro atoms. The second-order valence-electron chi connectivity index (χ2n) is 5.41. The zero-order valence-electron chi connectivity index (χ0n) is 10.5. The summed E-state index contributed by atoms with van der Waals surface area (Å²) in [7, 11) is 0. The Morgan fingerprint density at radius 2 is 1.42 bits per heavy atom. The van der Waals surface area contributed by atoms with Crippen LogP contribution in [0.5, 0.6) is 0 Å². The van der Waals surface area contributed by atoms with Crippen molar-refractivity contribution in [3.63, 3.8) is 0 Å². The molecule has 2 aromatic carbocycles. The van der Waals surface area contributed by atoms with Crippen LogP contribution in [0, 0.1) is 0 Å². The van der Waals surface area contributed by atoms with Crippen LogP contribution in [0.2, 0.25) is 0 Å². The molecule has 2 nitrogen and oxygen atoms in total. The van der Waals surface area contributed by atoms with Gasteiger partial charge in [-0.25, -0.2) is 0 Å². The molecule has 19 heavy (non-hydrogen) atoms. The first kappa shape index (κ1) is 10.8. The maximum atomic E-state index is 10.9. The van der Waals surface area contributed by atoms with Gasteiger partial charge in [0, 0.05) is 17.9 Å². The van der Waals surface area contributed by atoms with E-state index in [1.807, 2.05) is 0 Å². The number of nitrogens with one attached hydrogen (secondary N) is 1. The van der Waals surface area contributed by atoms with Crippen molar-refractivity contribution in [3.05, 3.63) is 70.8 Å². The molecule has 1 atom stereocenters. The Balaban J connectivity index is 1.95. The van der Waals surface area contributed by atoms with Crippen LogP contribution in [0.4, 0.5) is 0 Å². The number of carbonyl (C=O) groups excluding carboxylic acids is 1. The van der Waals surface area contributed by atoms with Gasteiger partial charge in [-0.2, -0.15) is 0 Å². The van der Waals surface area contributed by atoms with Crippen molar-refractivity contribution in [2.45, 2.75) is 24.3 Å². The van der Waals surface area contributed by atoms with Gasteiger partial charge < -0.3 is 5.32 Å². The maximum absolute atomic E-state index is 10.9. The monoisotopic (exact) mass is 249 g/mol. The summed E-state index contributed by atoms with van der Waals surface area (Å²) in [6.45, 7) is 0. The standard InChI is InChI=1S/C17H15NO/c19-10-18-16-9-15-11-5-1-3-7-13(11)17(16)14-8-4-2-6-12(14)15/h1-8,10,15-17H,9H2,(H,18,19). The molecule has 2 bridgehead atoms. The Kier molecular flexibility index (Phi) is 2.25. The predicted octanol–water partition coefficient (Wildman–Crippen LogP) is 2.78. The Hall–Kier alpha value is -2.09. The van der Waals surface area contributed by atoms with E-state index in [1.165, 1.54) is 22.3 Å². The highest BCUT2D eigenvalue weighted by molar-refractivity contribution is 5.58. The van der Waals surface area contributed by atoms with E-state index in [-0.39, 0.29) is 6.04 Å². The van der Waals surface area contributed by atoms with Gasteiger partial charge in [0.15, 0.2) is 0 Å². The normalized spacial score (nSPS) is 26.4. The second-order valence-corrected chi connectivity index (χ2v) is 5.41. The molecular formula is C17H15NO. The summed E-state index contributed by atoms with van der Waals surface area (Å²) in [5.41, 5.74) is 5.65. The molecule has 94 valence electrons. The van der Waals surface area contributed by atoms with Gasteiger partial charge in [-0.05, 0) is 28.7 Å². The minimum atomic E-state index is 0.229. The van der Waals surface area contributed by atoms with Crippen LogP contribution >= 0.6 is 0 Å². The minimum Gasteiger partial charge on any atom is -0.355 e. The van der Waals surface area contributed by atoms with Gasteiger partial charge in [-0.15, -0.1) is 0 Å². The van der Waals surface area contributed by atoms with Crippen molar-refractivity contribution in [2.24, 2.45) is 0 Å². The van der Waals surface area contributed by atoms with E-state index in [9.17, 15) is 4.79 Å². The van der Waals surface area contributed by atoms with Crippen molar-refractivity contribution >= 4 is 6.41 Å². The number of amides is 1. The van der Waals surface area contributed by atoms with Gasteiger partial charge in [0.05, 0.1) is 0 Å². The zero-order chi connectivity index (χ0) is 12.8. The molecule has 2 aromatic rings. The van der Waals surface area contributed by atoms with Gasteiger partial charge in [0.2, 0.25) is 6.41 Å². The predicted molar refractivity (Wildman–Crippen MR) is 74.2 cm³/mol. The lowest BCUT2D eigenvalue weighted by atomic mass is 9.61. The highest BCUT2D eigenvalue weighted by Crippen LogP contribution is 2.52. The lowest BCUT2D eigenvalue weighted by molar-refractivity contribution is -0.110. The first-order valence-electron chi connectivity index (χ1n) is 6.77. The fourth-order valence-electron chi connectivity index (χ4n) is 3.89. The molecule has 5 rings (SSSR count). The number of hydrogen-bond acceptors (Lipinski definition) is 1. The van der Waals surface area contributed by atoms with Crippen molar-refractivity contribution in [3.8, 4) is 0 Å². The van der Waals surface area contributed by atoms with Crippen LogP contribution in [0.25, 0.3) is 0 Å². The number of fused-ring (bicyclic) bond motifs is 1. The van der Waals surface area contributed by atoms with E-state index in [2.05, 4.69) is 53.8 Å². The minimum absolute atomic E-state index is 0.229. The van der Waals surface area contributed by atoms with Crippen molar-refractivity contribution < 1.29 is 4.79 Å². The third kappa shape index (κ3) is 1.40. The van der Waals surface area contributed by atoms with Crippen molar-refractivity contribution in [1.82, 2.24) is 5.32 Å². The molecule has 0 aromatic heterocycles. The molecule has 1 N–H and O–H groups in total. The van der Waals surface area contributed by atoms with Crippen molar-refractivity contribution in [1.29, 1.82) is 0 Å². The summed E-state index contributed by atoms with van der Waals surface area (Å²) >= 11 is 0. The highest BCUT2D eigenvalue weighted by atomic mass is 16.1. The molecule has 0 radical (unpaired) electrons. The van der Waals surface area contributed by atoms with E-state index in [0.717, 1.165) is 12.8 Å². The van der Waals surface area contributed by atoms with E-state index < -0.39 is 0 Å². The smallest absolute Gasteiger partial charge is 0.207 e. The van der Waals surface area contributed by atoms with Crippen LogP contribution in [-0.2, 0) is 4.79 Å². The van der Waals surface area contributed by atoms with Crippen LogP contribution in [0.1, 0.15) is 40.5 Å². The SMILES string of the molecule is O=CNC1CC2c3ccccc3C1c1ccccc12. The van der Waals surface area contributed by atoms with Gasteiger partial charge in [0.25, 0.3) is 0 Å². The largest absolute Gasteiger partial charge is 0.355 e. The fourth-order valence-corrected chi connectivity index (χ4v) is 3.89. The van der Waals surface area contributed by atoms with Gasteiger partial charge in [0.1, 0.15) is 0 Å². The molecule has 2 heteroatoms. The number of carbonyl (C=O) groups is 1. The Bertz CT molecular complexity index is 602.